The number of allylic oxidation sites excluding steroid dienone is 1. The van der Waals surface area contributed by atoms with Crippen LogP contribution in [0, 0.1) is 0 Å². The lowest BCUT2D eigenvalue weighted by atomic mass is 10.0. The zero-order valence-corrected chi connectivity index (χ0v) is 22.2. The predicted molar refractivity (Wildman–Crippen MR) is 142 cm³/mol. The van der Waals surface area contributed by atoms with Gasteiger partial charge in [-0.2, -0.15) is 0 Å². The van der Waals surface area contributed by atoms with Crippen molar-refractivity contribution in [2.75, 3.05) is 6.61 Å². The van der Waals surface area contributed by atoms with Gasteiger partial charge in [0.15, 0.2) is 0 Å². The highest BCUT2D eigenvalue weighted by molar-refractivity contribution is 5.76. The van der Waals surface area contributed by atoms with Gasteiger partial charge < -0.3 is 15.5 Å². The third-order valence-corrected chi connectivity index (χ3v) is 6.52. The van der Waals surface area contributed by atoms with Crippen molar-refractivity contribution in [3.63, 3.8) is 0 Å². The number of hydrogen-bond acceptors (Lipinski definition) is 3. The number of carbonyl (C=O) groups is 1. The fourth-order valence-electron chi connectivity index (χ4n) is 4.23. The van der Waals surface area contributed by atoms with Crippen LogP contribution in [-0.4, -0.2) is 34.9 Å². The van der Waals surface area contributed by atoms with Crippen molar-refractivity contribution < 1.29 is 15.0 Å². The number of aliphatic hydroxyl groups is 2. The number of unbranched alkanes of at least 4 members (excludes halogenated alkanes) is 18. The van der Waals surface area contributed by atoms with Crippen LogP contribution in [0.1, 0.15) is 149 Å². The van der Waals surface area contributed by atoms with E-state index >= 15 is 0 Å². The average Bonchev–Trinajstić information content (AvgIpc) is 2.82. The molecule has 2 atom stereocenters. The largest absolute Gasteiger partial charge is 0.394 e. The van der Waals surface area contributed by atoms with Gasteiger partial charge in [0.25, 0.3) is 0 Å². The molecular formula is C29H57NO3. The first-order valence-corrected chi connectivity index (χ1v) is 14.4. The van der Waals surface area contributed by atoms with Gasteiger partial charge in [-0.25, -0.2) is 0 Å². The lowest BCUT2D eigenvalue weighted by Gasteiger charge is -2.20. The van der Waals surface area contributed by atoms with E-state index in [4.69, 9.17) is 0 Å². The normalized spacial score (nSPS) is 13.5. The van der Waals surface area contributed by atoms with E-state index in [0.29, 0.717) is 6.42 Å². The van der Waals surface area contributed by atoms with Gasteiger partial charge in [0, 0.05) is 6.42 Å². The van der Waals surface area contributed by atoms with Crippen LogP contribution in [0.4, 0.5) is 0 Å². The summed E-state index contributed by atoms with van der Waals surface area (Å²) in [6.45, 7) is 4.22. The number of aliphatic hydroxyl groups excluding tert-OH is 2. The van der Waals surface area contributed by atoms with Crippen LogP contribution in [0.25, 0.3) is 0 Å². The molecule has 0 aromatic heterocycles. The van der Waals surface area contributed by atoms with Crippen LogP contribution in [-0.2, 0) is 4.79 Å². The van der Waals surface area contributed by atoms with Crippen LogP contribution >= 0.6 is 0 Å². The molecule has 0 saturated heterocycles. The average molecular weight is 468 g/mol. The smallest absolute Gasteiger partial charge is 0.220 e. The Morgan fingerprint density at radius 1 is 0.697 bits per heavy atom. The number of nitrogens with one attached hydrogen (secondary N) is 1. The standard InChI is InChI=1S/C29H57NO3/c1-3-5-7-9-11-12-13-14-15-16-17-18-19-20-22-24-28(32)27(26-31)30-29(33)25-23-21-10-8-6-4-2/h22,24,27-28,31-32H,3-21,23,25-26H2,1-2H3,(H,30,33)/b24-22+. The number of rotatable bonds is 25. The van der Waals surface area contributed by atoms with Gasteiger partial charge in [0.05, 0.1) is 18.8 Å². The van der Waals surface area contributed by atoms with Gasteiger partial charge in [0.1, 0.15) is 0 Å². The molecule has 0 saturated carbocycles. The van der Waals surface area contributed by atoms with Crippen molar-refractivity contribution in [3.8, 4) is 0 Å². The minimum absolute atomic E-state index is 0.0755. The molecule has 4 heteroatoms. The molecule has 0 aromatic rings. The van der Waals surface area contributed by atoms with E-state index in [2.05, 4.69) is 19.2 Å². The molecule has 2 unspecified atom stereocenters. The van der Waals surface area contributed by atoms with Gasteiger partial charge in [-0.3, -0.25) is 4.79 Å². The van der Waals surface area contributed by atoms with E-state index in [1.165, 1.54) is 103 Å². The Kier molecular flexibility index (Phi) is 25.1. The maximum Gasteiger partial charge on any atom is 0.220 e. The lowest BCUT2D eigenvalue weighted by Crippen LogP contribution is -2.45. The maximum atomic E-state index is 12.1. The summed E-state index contributed by atoms with van der Waals surface area (Å²) in [5.41, 5.74) is 0. The van der Waals surface area contributed by atoms with Crippen LogP contribution in [0.15, 0.2) is 12.2 Å². The third kappa shape index (κ3) is 22.7. The molecule has 1 amide bonds. The Hall–Kier alpha value is -0.870. The van der Waals surface area contributed by atoms with Crippen molar-refractivity contribution in [1.82, 2.24) is 5.32 Å². The summed E-state index contributed by atoms with van der Waals surface area (Å²) in [5.74, 6) is -0.0755. The van der Waals surface area contributed by atoms with Crippen molar-refractivity contribution in [3.05, 3.63) is 12.2 Å². The zero-order valence-electron chi connectivity index (χ0n) is 22.2. The quantitative estimate of drug-likeness (QED) is 0.0955. The number of carbonyl (C=O) groups excluding carboxylic acids is 1. The summed E-state index contributed by atoms with van der Waals surface area (Å²) in [6, 6.07) is -0.611. The molecule has 0 bridgehead atoms. The molecule has 196 valence electrons. The minimum Gasteiger partial charge on any atom is -0.394 e. The summed E-state index contributed by atoms with van der Waals surface area (Å²) in [4.78, 5) is 12.1. The second-order valence-electron chi connectivity index (χ2n) is 9.82. The van der Waals surface area contributed by atoms with Gasteiger partial charge in [0.2, 0.25) is 5.91 Å². The molecule has 0 rings (SSSR count). The molecule has 4 nitrogen and oxygen atoms in total. The summed E-state index contributed by atoms with van der Waals surface area (Å²) < 4.78 is 0. The SMILES string of the molecule is CCCCCCCCCCCCCCC/C=C/C(O)C(CO)NC(=O)CCCCCCCC. The van der Waals surface area contributed by atoms with E-state index in [1.54, 1.807) is 6.08 Å². The highest BCUT2D eigenvalue weighted by Crippen LogP contribution is 2.13. The molecule has 33 heavy (non-hydrogen) atoms. The third-order valence-electron chi connectivity index (χ3n) is 6.52. The molecule has 3 N–H and O–H groups in total. The Morgan fingerprint density at radius 3 is 1.58 bits per heavy atom. The van der Waals surface area contributed by atoms with Crippen LogP contribution in [0.3, 0.4) is 0 Å². The van der Waals surface area contributed by atoms with E-state index in [0.717, 1.165) is 25.7 Å². The molecule has 0 aliphatic carbocycles. The topological polar surface area (TPSA) is 69.6 Å². The highest BCUT2D eigenvalue weighted by atomic mass is 16.3. The Balaban J connectivity index is 3.64. The fourth-order valence-corrected chi connectivity index (χ4v) is 4.23. The molecule has 0 fully saturated rings. The predicted octanol–water partition coefficient (Wildman–Crippen LogP) is 7.61. The molecule has 0 heterocycles. The maximum absolute atomic E-state index is 12.1. The first-order chi connectivity index (χ1) is 16.2. The van der Waals surface area contributed by atoms with Crippen molar-refractivity contribution in [2.24, 2.45) is 0 Å². The summed E-state index contributed by atoms with van der Waals surface area (Å²) >= 11 is 0. The number of hydrogen-bond donors (Lipinski definition) is 3. The second kappa shape index (κ2) is 25.7. The highest BCUT2D eigenvalue weighted by Gasteiger charge is 2.17. The van der Waals surface area contributed by atoms with E-state index in [-0.39, 0.29) is 12.5 Å². The Bertz CT molecular complexity index is 439. The minimum atomic E-state index is -0.828. The molecule has 0 aliphatic heterocycles. The van der Waals surface area contributed by atoms with E-state index in [1.807, 2.05) is 6.08 Å². The number of amides is 1. The van der Waals surface area contributed by atoms with E-state index in [9.17, 15) is 15.0 Å². The van der Waals surface area contributed by atoms with Crippen molar-refractivity contribution in [1.29, 1.82) is 0 Å². The van der Waals surface area contributed by atoms with Crippen LogP contribution in [0.5, 0.6) is 0 Å². The zero-order chi connectivity index (χ0) is 24.4. The van der Waals surface area contributed by atoms with Gasteiger partial charge in [-0.05, 0) is 19.3 Å². The Labute approximate surface area is 206 Å². The van der Waals surface area contributed by atoms with Crippen molar-refractivity contribution in [2.45, 2.75) is 161 Å². The molecule has 0 radical (unpaired) electrons. The molecule has 0 spiro atoms. The lowest BCUT2D eigenvalue weighted by molar-refractivity contribution is -0.123. The molecule has 0 aliphatic rings. The van der Waals surface area contributed by atoms with Gasteiger partial charge >= 0.3 is 0 Å². The summed E-state index contributed by atoms with van der Waals surface area (Å²) in [6.07, 6.45) is 28.7. The second-order valence-corrected chi connectivity index (χ2v) is 9.82. The monoisotopic (exact) mass is 467 g/mol. The van der Waals surface area contributed by atoms with Gasteiger partial charge in [-0.1, -0.05) is 135 Å². The van der Waals surface area contributed by atoms with Crippen LogP contribution < -0.4 is 5.32 Å². The van der Waals surface area contributed by atoms with Crippen LogP contribution in [0.2, 0.25) is 0 Å². The van der Waals surface area contributed by atoms with E-state index < -0.39 is 12.1 Å². The van der Waals surface area contributed by atoms with Gasteiger partial charge in [-0.15, -0.1) is 0 Å². The molecular weight excluding hydrogens is 410 g/mol. The fraction of sp³-hybridized carbons (Fsp3) is 0.897. The summed E-state index contributed by atoms with van der Waals surface area (Å²) in [7, 11) is 0. The first-order valence-electron chi connectivity index (χ1n) is 14.4. The van der Waals surface area contributed by atoms with Crippen molar-refractivity contribution >= 4 is 5.91 Å². The first kappa shape index (κ1) is 32.1. The Morgan fingerprint density at radius 2 is 1.12 bits per heavy atom. The molecule has 0 aromatic carbocycles. The summed E-state index contributed by atoms with van der Waals surface area (Å²) in [5, 5.41) is 22.6.